The number of nitrogens with two attached hydrogens (primary N) is 1. The summed E-state index contributed by atoms with van der Waals surface area (Å²) in [4.78, 5) is 0. The molecule has 0 amide bonds. The van der Waals surface area contributed by atoms with Crippen LogP contribution in [-0.2, 0) is 6.42 Å². The minimum atomic E-state index is 0.244. The highest BCUT2D eigenvalue weighted by atomic mass is 79.9. The molecule has 1 atom stereocenters. The van der Waals surface area contributed by atoms with Crippen molar-refractivity contribution in [3.05, 3.63) is 28.2 Å². The Hall–Kier alpha value is -0.540. The van der Waals surface area contributed by atoms with Gasteiger partial charge in [0.05, 0.1) is 11.6 Å². The smallest absolute Gasteiger partial charge is 0.133 e. The zero-order valence-electron chi connectivity index (χ0n) is 8.59. The Morgan fingerprint density at radius 2 is 2.21 bits per heavy atom. The van der Waals surface area contributed by atoms with E-state index in [1.165, 1.54) is 5.56 Å². The lowest BCUT2D eigenvalue weighted by Gasteiger charge is -2.09. The van der Waals surface area contributed by atoms with E-state index in [9.17, 15) is 0 Å². The lowest BCUT2D eigenvalue weighted by atomic mass is 10.1. The third kappa shape index (κ3) is 3.00. The van der Waals surface area contributed by atoms with Gasteiger partial charge in [-0.2, -0.15) is 0 Å². The molecule has 2 nitrogen and oxygen atoms in total. The van der Waals surface area contributed by atoms with Gasteiger partial charge in [-0.1, -0.05) is 12.1 Å². The first-order valence-corrected chi connectivity index (χ1v) is 5.51. The molecule has 0 aromatic heterocycles. The largest absolute Gasteiger partial charge is 0.496 e. The van der Waals surface area contributed by atoms with E-state index in [1.807, 2.05) is 19.1 Å². The quantitative estimate of drug-likeness (QED) is 0.901. The van der Waals surface area contributed by atoms with Gasteiger partial charge in [-0.25, -0.2) is 0 Å². The molecule has 0 heterocycles. The fourth-order valence-electron chi connectivity index (χ4n) is 1.29. The molecule has 1 aromatic carbocycles. The topological polar surface area (TPSA) is 35.2 Å². The molecule has 3 heteroatoms. The van der Waals surface area contributed by atoms with E-state index in [1.54, 1.807) is 7.11 Å². The molecule has 0 saturated heterocycles. The summed E-state index contributed by atoms with van der Waals surface area (Å²) in [6.07, 6.45) is 1.97. The van der Waals surface area contributed by atoms with E-state index in [2.05, 4.69) is 22.0 Å². The lowest BCUT2D eigenvalue weighted by Crippen LogP contribution is -2.15. The molecule has 1 aromatic rings. The van der Waals surface area contributed by atoms with Crippen molar-refractivity contribution in [3.8, 4) is 5.75 Å². The molecule has 0 unspecified atom stereocenters. The van der Waals surface area contributed by atoms with Crippen molar-refractivity contribution in [1.29, 1.82) is 0 Å². The van der Waals surface area contributed by atoms with Crippen LogP contribution in [0.4, 0.5) is 0 Å². The van der Waals surface area contributed by atoms with Crippen molar-refractivity contribution in [1.82, 2.24) is 0 Å². The molecule has 0 saturated carbocycles. The second-order valence-corrected chi connectivity index (χ2v) is 4.24. The molecule has 0 aliphatic rings. The summed E-state index contributed by atoms with van der Waals surface area (Å²) < 4.78 is 6.26. The van der Waals surface area contributed by atoms with E-state index in [4.69, 9.17) is 10.5 Å². The highest BCUT2D eigenvalue weighted by Gasteiger charge is 2.06. The SMILES string of the molecule is COc1cccc(CC[C@@H](C)N)c1Br. The summed E-state index contributed by atoms with van der Waals surface area (Å²) in [6.45, 7) is 2.02. The molecule has 0 aliphatic carbocycles. The maximum Gasteiger partial charge on any atom is 0.133 e. The zero-order valence-corrected chi connectivity index (χ0v) is 10.2. The minimum Gasteiger partial charge on any atom is -0.496 e. The van der Waals surface area contributed by atoms with Crippen LogP contribution in [0.5, 0.6) is 5.75 Å². The van der Waals surface area contributed by atoms with Crippen molar-refractivity contribution in [3.63, 3.8) is 0 Å². The Kier molecular flexibility index (Phi) is 4.42. The van der Waals surface area contributed by atoms with Crippen molar-refractivity contribution >= 4 is 15.9 Å². The molecule has 0 radical (unpaired) electrons. The van der Waals surface area contributed by atoms with Gasteiger partial charge in [0.25, 0.3) is 0 Å². The van der Waals surface area contributed by atoms with Crippen molar-refractivity contribution in [2.24, 2.45) is 5.73 Å². The van der Waals surface area contributed by atoms with E-state index >= 15 is 0 Å². The van der Waals surface area contributed by atoms with Gasteiger partial charge in [-0.05, 0) is 47.3 Å². The number of aryl methyl sites for hydroxylation is 1. The number of benzene rings is 1. The molecule has 0 bridgehead atoms. The minimum absolute atomic E-state index is 0.244. The third-order valence-electron chi connectivity index (χ3n) is 2.13. The fourth-order valence-corrected chi connectivity index (χ4v) is 1.91. The Bertz CT molecular complexity index is 299. The van der Waals surface area contributed by atoms with Gasteiger partial charge in [0.2, 0.25) is 0 Å². The van der Waals surface area contributed by atoms with Crippen LogP contribution in [0, 0.1) is 0 Å². The Labute approximate surface area is 93.6 Å². The van der Waals surface area contributed by atoms with Gasteiger partial charge >= 0.3 is 0 Å². The van der Waals surface area contributed by atoms with Crippen LogP contribution < -0.4 is 10.5 Å². The molecule has 0 aliphatic heterocycles. The molecule has 78 valence electrons. The van der Waals surface area contributed by atoms with Crippen LogP contribution in [0.1, 0.15) is 18.9 Å². The number of methoxy groups -OCH3 is 1. The van der Waals surface area contributed by atoms with Gasteiger partial charge in [-0.15, -0.1) is 0 Å². The molecule has 0 fully saturated rings. The summed E-state index contributed by atoms with van der Waals surface area (Å²) >= 11 is 3.53. The lowest BCUT2D eigenvalue weighted by molar-refractivity contribution is 0.411. The number of halogens is 1. The molecule has 1 rings (SSSR count). The van der Waals surface area contributed by atoms with Crippen molar-refractivity contribution in [2.75, 3.05) is 7.11 Å². The van der Waals surface area contributed by atoms with Crippen LogP contribution in [0.2, 0.25) is 0 Å². The monoisotopic (exact) mass is 257 g/mol. The Balaban J connectivity index is 2.76. The highest BCUT2D eigenvalue weighted by molar-refractivity contribution is 9.10. The zero-order chi connectivity index (χ0) is 10.6. The second kappa shape index (κ2) is 5.37. The van der Waals surface area contributed by atoms with Crippen LogP contribution in [0.15, 0.2) is 22.7 Å². The standard InChI is InChI=1S/C11H16BrNO/c1-8(13)6-7-9-4-3-5-10(14-2)11(9)12/h3-5,8H,6-7,13H2,1-2H3/t8-/m1/s1. The van der Waals surface area contributed by atoms with E-state index < -0.39 is 0 Å². The molecule has 0 spiro atoms. The molecule has 2 N–H and O–H groups in total. The number of hydrogen-bond acceptors (Lipinski definition) is 2. The number of hydrogen-bond donors (Lipinski definition) is 1. The van der Waals surface area contributed by atoms with E-state index in [0.29, 0.717) is 0 Å². The summed E-state index contributed by atoms with van der Waals surface area (Å²) in [6, 6.07) is 6.28. The molecular weight excluding hydrogens is 242 g/mol. The summed E-state index contributed by atoms with van der Waals surface area (Å²) in [5.41, 5.74) is 6.97. The third-order valence-corrected chi connectivity index (χ3v) is 3.03. The predicted molar refractivity (Wildman–Crippen MR) is 62.7 cm³/mol. The van der Waals surface area contributed by atoms with E-state index in [-0.39, 0.29) is 6.04 Å². The maximum atomic E-state index is 5.71. The highest BCUT2D eigenvalue weighted by Crippen LogP contribution is 2.29. The van der Waals surface area contributed by atoms with Crippen LogP contribution >= 0.6 is 15.9 Å². The van der Waals surface area contributed by atoms with Crippen molar-refractivity contribution < 1.29 is 4.74 Å². The number of ether oxygens (including phenoxy) is 1. The fraction of sp³-hybridized carbons (Fsp3) is 0.455. The average Bonchev–Trinajstić information content (AvgIpc) is 2.16. The Morgan fingerprint density at radius 1 is 1.50 bits per heavy atom. The number of rotatable bonds is 4. The molecule has 14 heavy (non-hydrogen) atoms. The summed E-state index contributed by atoms with van der Waals surface area (Å²) in [7, 11) is 1.68. The summed E-state index contributed by atoms with van der Waals surface area (Å²) in [5, 5.41) is 0. The summed E-state index contributed by atoms with van der Waals surface area (Å²) in [5.74, 6) is 0.882. The van der Waals surface area contributed by atoms with Crippen LogP contribution in [0.25, 0.3) is 0 Å². The molecular formula is C11H16BrNO. The van der Waals surface area contributed by atoms with Gasteiger partial charge < -0.3 is 10.5 Å². The maximum absolute atomic E-state index is 5.71. The van der Waals surface area contributed by atoms with Gasteiger partial charge in [-0.3, -0.25) is 0 Å². The van der Waals surface area contributed by atoms with Gasteiger partial charge in [0, 0.05) is 6.04 Å². The predicted octanol–water partition coefficient (Wildman–Crippen LogP) is 2.74. The first-order chi connectivity index (χ1) is 6.65. The average molecular weight is 258 g/mol. The van der Waals surface area contributed by atoms with E-state index in [0.717, 1.165) is 23.1 Å². The first kappa shape index (κ1) is 11.5. The van der Waals surface area contributed by atoms with Gasteiger partial charge in [0.1, 0.15) is 5.75 Å². The normalized spacial score (nSPS) is 12.6. The first-order valence-electron chi connectivity index (χ1n) is 4.72. The second-order valence-electron chi connectivity index (χ2n) is 3.45. The van der Waals surface area contributed by atoms with Crippen molar-refractivity contribution in [2.45, 2.75) is 25.8 Å². The Morgan fingerprint density at radius 3 is 2.79 bits per heavy atom. The van der Waals surface area contributed by atoms with Crippen LogP contribution in [-0.4, -0.2) is 13.2 Å². The van der Waals surface area contributed by atoms with Gasteiger partial charge in [0.15, 0.2) is 0 Å². The van der Waals surface area contributed by atoms with Crippen LogP contribution in [0.3, 0.4) is 0 Å².